The van der Waals surface area contributed by atoms with Crippen molar-refractivity contribution in [2.45, 2.75) is 24.8 Å². The minimum Gasteiger partial charge on any atom is -0.354 e. The fourth-order valence-electron chi connectivity index (χ4n) is 4.05. The lowest BCUT2D eigenvalue weighted by Gasteiger charge is -2.19. The number of rotatable bonds is 7. The van der Waals surface area contributed by atoms with E-state index < -0.39 is 40.2 Å². The summed E-state index contributed by atoms with van der Waals surface area (Å²) in [7, 11) is 1.32. The van der Waals surface area contributed by atoms with Gasteiger partial charge in [-0.3, -0.25) is 14.3 Å². The third-order valence-electron chi connectivity index (χ3n) is 5.98. The molecule has 39 heavy (non-hydrogen) atoms. The molecule has 0 radical (unpaired) electrons. The second kappa shape index (κ2) is 10.9. The van der Waals surface area contributed by atoms with Crippen molar-refractivity contribution in [2.24, 2.45) is 12.8 Å². The molecule has 12 heteroatoms. The standard InChI is InChI=1S/C27H23F6N5O/c1-38-24(39)22(18-12-19(26(28,29)30)14-20(13-18)27(31,32)33)23(17-7-9-35-10-8-17)37-25(38)36-15-21(34)11-16-5-3-2-4-6-16/h2-10,12-14,21H,11,15,34H2,1H3,(H,36,37)/t21-/m1/s1. The van der Waals surface area contributed by atoms with Crippen molar-refractivity contribution in [1.29, 1.82) is 0 Å². The predicted octanol–water partition coefficient (Wildman–Crippen LogP) is 5.53. The lowest BCUT2D eigenvalue weighted by Crippen LogP contribution is -2.34. The van der Waals surface area contributed by atoms with Gasteiger partial charge in [-0.1, -0.05) is 30.3 Å². The van der Waals surface area contributed by atoms with E-state index in [4.69, 9.17) is 5.73 Å². The lowest BCUT2D eigenvalue weighted by molar-refractivity contribution is -0.143. The second-order valence-corrected chi connectivity index (χ2v) is 8.88. The molecule has 0 fully saturated rings. The molecule has 0 aliphatic heterocycles. The minimum atomic E-state index is -5.08. The van der Waals surface area contributed by atoms with Crippen molar-refractivity contribution in [3.8, 4) is 22.4 Å². The first-order chi connectivity index (χ1) is 18.3. The maximum absolute atomic E-state index is 13.6. The summed E-state index contributed by atoms with van der Waals surface area (Å²) in [6.07, 6.45) is -6.91. The van der Waals surface area contributed by atoms with Crippen LogP contribution in [0.25, 0.3) is 22.4 Å². The van der Waals surface area contributed by atoms with Gasteiger partial charge in [-0.15, -0.1) is 0 Å². The normalized spacial score (nSPS) is 12.8. The number of nitrogens with two attached hydrogens (primary N) is 1. The topological polar surface area (TPSA) is 85.8 Å². The Morgan fingerprint density at radius 2 is 1.49 bits per heavy atom. The van der Waals surface area contributed by atoms with Crippen LogP contribution in [-0.4, -0.2) is 27.1 Å². The van der Waals surface area contributed by atoms with Gasteiger partial charge in [0, 0.05) is 37.6 Å². The van der Waals surface area contributed by atoms with Gasteiger partial charge < -0.3 is 11.1 Å². The molecular weight excluding hydrogens is 524 g/mol. The van der Waals surface area contributed by atoms with E-state index >= 15 is 0 Å². The Morgan fingerprint density at radius 1 is 0.897 bits per heavy atom. The minimum absolute atomic E-state index is 0.0115. The quantitative estimate of drug-likeness (QED) is 0.297. The first-order valence-electron chi connectivity index (χ1n) is 11.7. The zero-order chi connectivity index (χ0) is 28.4. The van der Waals surface area contributed by atoms with Crippen molar-refractivity contribution < 1.29 is 26.3 Å². The Kier molecular flexibility index (Phi) is 7.77. The largest absolute Gasteiger partial charge is 0.416 e. The van der Waals surface area contributed by atoms with E-state index in [2.05, 4.69) is 15.3 Å². The van der Waals surface area contributed by atoms with Crippen molar-refractivity contribution in [1.82, 2.24) is 14.5 Å². The van der Waals surface area contributed by atoms with Gasteiger partial charge in [0.1, 0.15) is 0 Å². The molecule has 0 saturated carbocycles. The highest BCUT2D eigenvalue weighted by Gasteiger charge is 2.37. The van der Waals surface area contributed by atoms with E-state index in [0.29, 0.717) is 18.6 Å². The smallest absolute Gasteiger partial charge is 0.354 e. The van der Waals surface area contributed by atoms with Crippen LogP contribution >= 0.6 is 0 Å². The van der Waals surface area contributed by atoms with Crippen molar-refractivity contribution >= 4 is 5.95 Å². The Morgan fingerprint density at radius 3 is 2.05 bits per heavy atom. The molecule has 0 aliphatic rings. The monoisotopic (exact) mass is 547 g/mol. The maximum atomic E-state index is 13.6. The highest BCUT2D eigenvalue weighted by molar-refractivity contribution is 5.81. The van der Waals surface area contributed by atoms with Gasteiger partial charge in [-0.05, 0) is 47.9 Å². The van der Waals surface area contributed by atoms with Gasteiger partial charge in [0.15, 0.2) is 0 Å². The number of hydrogen-bond donors (Lipinski definition) is 2. The molecule has 2 aromatic heterocycles. The average Bonchev–Trinajstić information content (AvgIpc) is 2.89. The molecule has 6 nitrogen and oxygen atoms in total. The van der Waals surface area contributed by atoms with Crippen molar-refractivity contribution in [3.63, 3.8) is 0 Å². The highest BCUT2D eigenvalue weighted by atomic mass is 19.4. The van der Waals surface area contributed by atoms with E-state index in [1.165, 1.54) is 31.6 Å². The van der Waals surface area contributed by atoms with Crippen LogP contribution in [0.5, 0.6) is 0 Å². The first kappa shape index (κ1) is 27.8. The number of pyridine rings is 1. The van der Waals surface area contributed by atoms with Gasteiger partial charge in [0.05, 0.1) is 22.4 Å². The van der Waals surface area contributed by atoms with Crippen molar-refractivity contribution in [2.75, 3.05) is 11.9 Å². The molecule has 204 valence electrons. The summed E-state index contributed by atoms with van der Waals surface area (Å²) in [5.41, 5.74) is 2.49. The summed E-state index contributed by atoms with van der Waals surface area (Å²) < 4.78 is 82.4. The molecule has 4 aromatic rings. The van der Waals surface area contributed by atoms with E-state index in [1.54, 1.807) is 0 Å². The van der Waals surface area contributed by atoms with Gasteiger partial charge in [-0.2, -0.15) is 26.3 Å². The number of nitrogens with one attached hydrogen (secondary N) is 1. The third-order valence-corrected chi connectivity index (χ3v) is 5.98. The molecule has 1 atom stereocenters. The summed E-state index contributed by atoms with van der Waals surface area (Å²) in [5.74, 6) is 0.0436. The number of alkyl halides is 6. The number of nitrogens with zero attached hydrogens (tertiary/aromatic N) is 3. The maximum Gasteiger partial charge on any atom is 0.416 e. The zero-order valence-electron chi connectivity index (χ0n) is 20.5. The van der Waals surface area contributed by atoms with Crippen LogP contribution in [0.3, 0.4) is 0 Å². The summed E-state index contributed by atoms with van der Waals surface area (Å²) in [5, 5.41) is 2.99. The van der Waals surface area contributed by atoms with Crippen LogP contribution in [0.15, 0.2) is 77.9 Å². The molecule has 0 saturated heterocycles. The van der Waals surface area contributed by atoms with E-state index in [1.807, 2.05) is 30.3 Å². The predicted molar refractivity (Wildman–Crippen MR) is 135 cm³/mol. The van der Waals surface area contributed by atoms with E-state index in [0.717, 1.165) is 10.1 Å². The van der Waals surface area contributed by atoms with Crippen LogP contribution in [0, 0.1) is 0 Å². The number of benzene rings is 2. The highest BCUT2D eigenvalue weighted by Crippen LogP contribution is 2.39. The Balaban J connectivity index is 1.83. The van der Waals surface area contributed by atoms with Crippen LogP contribution in [0.1, 0.15) is 16.7 Å². The molecule has 3 N–H and O–H groups in total. The van der Waals surface area contributed by atoms with Crippen LogP contribution in [-0.2, 0) is 25.8 Å². The Labute approximate surface area is 219 Å². The molecule has 2 aromatic carbocycles. The summed E-state index contributed by atoms with van der Waals surface area (Å²) in [4.78, 5) is 21.9. The molecule has 0 amide bonds. The molecule has 2 heterocycles. The summed E-state index contributed by atoms with van der Waals surface area (Å²) >= 11 is 0. The van der Waals surface area contributed by atoms with E-state index in [-0.39, 0.29) is 35.9 Å². The Bertz CT molecular complexity index is 1470. The van der Waals surface area contributed by atoms with Gasteiger partial charge in [0.2, 0.25) is 5.95 Å². The Hall–Kier alpha value is -4.19. The molecule has 0 spiro atoms. The van der Waals surface area contributed by atoms with Gasteiger partial charge in [-0.25, -0.2) is 4.98 Å². The first-order valence-corrected chi connectivity index (χ1v) is 11.7. The van der Waals surface area contributed by atoms with Crippen LogP contribution in [0.2, 0.25) is 0 Å². The second-order valence-electron chi connectivity index (χ2n) is 8.88. The fraction of sp³-hybridized carbons (Fsp3) is 0.222. The molecule has 0 aliphatic carbocycles. The number of aromatic nitrogens is 3. The number of halogens is 6. The van der Waals surface area contributed by atoms with E-state index in [9.17, 15) is 31.1 Å². The molecule has 0 bridgehead atoms. The average molecular weight is 548 g/mol. The number of hydrogen-bond acceptors (Lipinski definition) is 5. The van der Waals surface area contributed by atoms with Crippen molar-refractivity contribution in [3.05, 3.63) is 100 Å². The van der Waals surface area contributed by atoms with Crippen LogP contribution in [0.4, 0.5) is 32.3 Å². The lowest BCUT2D eigenvalue weighted by atomic mass is 9.96. The zero-order valence-corrected chi connectivity index (χ0v) is 20.5. The SMILES string of the molecule is Cn1c(NC[C@H](N)Cc2ccccc2)nc(-c2ccncc2)c(-c2cc(C(F)(F)F)cc(C(F)(F)F)c2)c1=O. The fourth-order valence-corrected chi connectivity index (χ4v) is 4.05. The van der Waals surface area contributed by atoms with Gasteiger partial charge in [0.25, 0.3) is 5.56 Å². The molecule has 0 unspecified atom stereocenters. The van der Waals surface area contributed by atoms with Gasteiger partial charge >= 0.3 is 12.4 Å². The summed E-state index contributed by atoms with van der Waals surface area (Å²) in [6.45, 7) is 0.187. The third kappa shape index (κ3) is 6.45. The molecular formula is C27H23F6N5O. The number of anilines is 1. The summed E-state index contributed by atoms with van der Waals surface area (Å²) in [6, 6.07) is 13.0. The molecule has 4 rings (SSSR count). The van der Waals surface area contributed by atoms with Crippen LogP contribution < -0.4 is 16.6 Å².